The van der Waals surface area contributed by atoms with Crippen LogP contribution in [-0.4, -0.2) is 22.9 Å². The summed E-state index contributed by atoms with van der Waals surface area (Å²) in [4.78, 5) is 12.2. The van der Waals surface area contributed by atoms with Crippen molar-refractivity contribution < 1.29 is 13.7 Å². The van der Waals surface area contributed by atoms with Crippen LogP contribution in [0.25, 0.3) is 0 Å². The van der Waals surface area contributed by atoms with Crippen molar-refractivity contribution in [3.05, 3.63) is 24.3 Å². The molecule has 1 unspecified atom stereocenters. The summed E-state index contributed by atoms with van der Waals surface area (Å²) in [6.45, 7) is 0. The summed E-state index contributed by atoms with van der Waals surface area (Å²) < 4.78 is 16.8. The minimum atomic E-state index is -1.21. The minimum absolute atomic E-state index is 0.133. The standard InChI is InChI=1S/C12H14O3S/c1-15-10-4-6-11(7-5-10)16(14)8-12(13)9-2-3-9/h4-7,9H,2-3,8H2,1H3. The Labute approximate surface area is 97.3 Å². The van der Waals surface area contributed by atoms with Crippen LogP contribution in [0.5, 0.6) is 5.75 Å². The summed E-state index contributed by atoms with van der Waals surface area (Å²) in [7, 11) is 0.376. The maximum atomic E-state index is 11.8. The van der Waals surface area contributed by atoms with Crippen molar-refractivity contribution in [1.29, 1.82) is 0 Å². The maximum absolute atomic E-state index is 11.8. The summed E-state index contributed by atoms with van der Waals surface area (Å²) in [5, 5.41) is 0. The molecule has 0 aromatic heterocycles. The molecule has 1 aromatic rings. The van der Waals surface area contributed by atoms with Gasteiger partial charge in [0.15, 0.2) is 0 Å². The Morgan fingerprint density at radius 1 is 1.38 bits per heavy atom. The predicted octanol–water partition coefficient (Wildman–Crippen LogP) is 1.78. The molecular weight excluding hydrogens is 224 g/mol. The summed E-state index contributed by atoms with van der Waals surface area (Å²) in [5.74, 6) is 1.20. The highest BCUT2D eigenvalue weighted by molar-refractivity contribution is 7.85. The van der Waals surface area contributed by atoms with Crippen molar-refractivity contribution in [2.24, 2.45) is 5.92 Å². The first-order valence-electron chi connectivity index (χ1n) is 5.26. The molecule has 0 amide bonds. The number of hydrogen-bond donors (Lipinski definition) is 0. The summed E-state index contributed by atoms with van der Waals surface area (Å²) in [5.41, 5.74) is 0. The van der Waals surface area contributed by atoms with Gasteiger partial charge in [-0.15, -0.1) is 0 Å². The molecule has 1 saturated carbocycles. The van der Waals surface area contributed by atoms with Crippen molar-refractivity contribution in [3.63, 3.8) is 0 Å². The Balaban J connectivity index is 1.99. The van der Waals surface area contributed by atoms with Crippen LogP contribution in [0.3, 0.4) is 0 Å². The number of ether oxygens (including phenoxy) is 1. The highest BCUT2D eigenvalue weighted by Crippen LogP contribution is 2.30. The van der Waals surface area contributed by atoms with Gasteiger partial charge < -0.3 is 4.74 Å². The van der Waals surface area contributed by atoms with Crippen molar-refractivity contribution in [3.8, 4) is 5.75 Å². The van der Waals surface area contributed by atoms with Crippen LogP contribution >= 0.6 is 0 Å². The Morgan fingerprint density at radius 3 is 2.50 bits per heavy atom. The number of carbonyl (C=O) groups excluding carboxylic acids is 1. The topological polar surface area (TPSA) is 43.4 Å². The largest absolute Gasteiger partial charge is 0.497 e. The smallest absolute Gasteiger partial charge is 0.148 e. The molecule has 1 fully saturated rings. The normalized spacial score (nSPS) is 16.8. The van der Waals surface area contributed by atoms with E-state index in [4.69, 9.17) is 4.74 Å². The fraction of sp³-hybridized carbons (Fsp3) is 0.417. The lowest BCUT2D eigenvalue weighted by molar-refractivity contribution is -0.117. The van der Waals surface area contributed by atoms with E-state index in [9.17, 15) is 9.00 Å². The van der Waals surface area contributed by atoms with Gasteiger partial charge in [0.2, 0.25) is 0 Å². The number of rotatable bonds is 5. The zero-order chi connectivity index (χ0) is 11.5. The van der Waals surface area contributed by atoms with E-state index in [-0.39, 0.29) is 17.5 Å². The SMILES string of the molecule is COc1ccc(S(=O)CC(=O)C2CC2)cc1. The fourth-order valence-corrected chi connectivity index (χ4v) is 2.56. The third kappa shape index (κ3) is 2.70. The number of Topliss-reactive ketones (excluding diaryl/α,β-unsaturated/α-hetero) is 1. The summed E-state index contributed by atoms with van der Waals surface area (Å²) >= 11 is 0. The molecule has 3 nitrogen and oxygen atoms in total. The van der Waals surface area contributed by atoms with Gasteiger partial charge in [-0.2, -0.15) is 0 Å². The third-order valence-corrected chi connectivity index (χ3v) is 3.97. The van der Waals surface area contributed by atoms with Crippen LogP contribution in [0.1, 0.15) is 12.8 Å². The number of benzene rings is 1. The molecule has 4 heteroatoms. The van der Waals surface area contributed by atoms with Crippen molar-refractivity contribution in [2.45, 2.75) is 17.7 Å². The van der Waals surface area contributed by atoms with E-state index < -0.39 is 10.8 Å². The predicted molar refractivity (Wildman–Crippen MR) is 62.0 cm³/mol. The molecule has 1 aliphatic rings. The van der Waals surface area contributed by atoms with Gasteiger partial charge in [0, 0.05) is 10.8 Å². The molecule has 0 radical (unpaired) electrons. The average molecular weight is 238 g/mol. The summed E-state index contributed by atoms with van der Waals surface area (Å²) in [6, 6.07) is 7.01. The van der Waals surface area contributed by atoms with Gasteiger partial charge in [0.1, 0.15) is 11.5 Å². The minimum Gasteiger partial charge on any atom is -0.497 e. The number of methoxy groups -OCH3 is 1. The van der Waals surface area contributed by atoms with Crippen LogP contribution < -0.4 is 4.74 Å². The van der Waals surface area contributed by atoms with Crippen LogP contribution in [0.2, 0.25) is 0 Å². The molecule has 0 N–H and O–H groups in total. The molecule has 0 saturated heterocycles. The van der Waals surface area contributed by atoms with E-state index in [1.807, 2.05) is 0 Å². The van der Waals surface area contributed by atoms with Crippen LogP contribution in [0.15, 0.2) is 29.2 Å². The van der Waals surface area contributed by atoms with Crippen LogP contribution in [0.4, 0.5) is 0 Å². The van der Waals surface area contributed by atoms with Crippen molar-refractivity contribution >= 4 is 16.6 Å². The molecule has 86 valence electrons. The van der Waals surface area contributed by atoms with E-state index in [0.717, 1.165) is 18.6 Å². The van der Waals surface area contributed by atoms with Crippen molar-refractivity contribution in [2.75, 3.05) is 12.9 Å². The van der Waals surface area contributed by atoms with Gasteiger partial charge >= 0.3 is 0 Å². The first-order valence-corrected chi connectivity index (χ1v) is 6.57. The van der Waals surface area contributed by atoms with E-state index >= 15 is 0 Å². The van der Waals surface area contributed by atoms with Crippen LogP contribution in [-0.2, 0) is 15.6 Å². The van der Waals surface area contributed by atoms with Gasteiger partial charge in [0.05, 0.1) is 23.7 Å². The monoisotopic (exact) mass is 238 g/mol. The maximum Gasteiger partial charge on any atom is 0.148 e. The molecule has 0 bridgehead atoms. The summed E-state index contributed by atoms with van der Waals surface area (Å²) in [6.07, 6.45) is 1.94. The highest BCUT2D eigenvalue weighted by Gasteiger charge is 2.30. The zero-order valence-corrected chi connectivity index (χ0v) is 9.96. The molecule has 0 spiro atoms. The highest BCUT2D eigenvalue weighted by atomic mass is 32.2. The van der Waals surface area contributed by atoms with Gasteiger partial charge in [-0.1, -0.05) is 0 Å². The van der Waals surface area contributed by atoms with E-state index in [0.29, 0.717) is 4.90 Å². The molecule has 0 heterocycles. The molecule has 0 aliphatic heterocycles. The van der Waals surface area contributed by atoms with Gasteiger partial charge in [-0.05, 0) is 37.1 Å². The molecule has 1 atom stereocenters. The second-order valence-corrected chi connectivity index (χ2v) is 5.36. The molecule has 16 heavy (non-hydrogen) atoms. The van der Waals surface area contributed by atoms with Crippen LogP contribution in [0, 0.1) is 5.92 Å². The Bertz CT molecular complexity index is 407. The molecule has 2 rings (SSSR count). The van der Waals surface area contributed by atoms with Gasteiger partial charge in [-0.25, -0.2) is 0 Å². The first kappa shape index (κ1) is 11.3. The van der Waals surface area contributed by atoms with Gasteiger partial charge in [0.25, 0.3) is 0 Å². The fourth-order valence-electron chi connectivity index (χ4n) is 1.46. The Morgan fingerprint density at radius 2 is 2.00 bits per heavy atom. The van der Waals surface area contributed by atoms with Crippen molar-refractivity contribution in [1.82, 2.24) is 0 Å². The number of hydrogen-bond acceptors (Lipinski definition) is 3. The second-order valence-electron chi connectivity index (χ2n) is 3.91. The van der Waals surface area contributed by atoms with E-state index in [1.165, 1.54) is 0 Å². The number of carbonyl (C=O) groups is 1. The third-order valence-electron chi connectivity index (χ3n) is 2.63. The Kier molecular flexibility index (Phi) is 3.39. The molecule has 1 aromatic carbocycles. The Hall–Kier alpha value is -1.16. The lowest BCUT2D eigenvalue weighted by Crippen LogP contribution is -2.12. The quantitative estimate of drug-likeness (QED) is 0.785. The number of ketones is 1. The van der Waals surface area contributed by atoms with E-state index in [1.54, 1.807) is 31.4 Å². The van der Waals surface area contributed by atoms with E-state index in [2.05, 4.69) is 0 Å². The lowest BCUT2D eigenvalue weighted by atomic mass is 10.3. The zero-order valence-electron chi connectivity index (χ0n) is 9.14. The average Bonchev–Trinajstić information content (AvgIpc) is 3.13. The van der Waals surface area contributed by atoms with Gasteiger partial charge in [-0.3, -0.25) is 9.00 Å². The molecule has 1 aliphatic carbocycles. The first-order chi connectivity index (χ1) is 7.70. The second kappa shape index (κ2) is 4.78. The molecular formula is C12H14O3S. The lowest BCUT2D eigenvalue weighted by Gasteiger charge is -2.03.